The minimum absolute atomic E-state index is 0.00525. The zero-order valence-electron chi connectivity index (χ0n) is 42.4. The summed E-state index contributed by atoms with van der Waals surface area (Å²) in [4.78, 5) is 149. The van der Waals surface area contributed by atoms with Gasteiger partial charge in [-0.25, -0.2) is 4.79 Å². The van der Waals surface area contributed by atoms with Crippen molar-refractivity contribution in [1.82, 2.24) is 42.1 Å². The van der Waals surface area contributed by atoms with Gasteiger partial charge in [0, 0.05) is 25.9 Å². The van der Waals surface area contributed by atoms with E-state index in [4.69, 9.17) is 22.9 Å². The van der Waals surface area contributed by atoms with Gasteiger partial charge in [0.05, 0.1) is 12.6 Å². The molecule has 0 aromatic carbocycles. The number of unbranched alkanes of at least 4 members (excludes halogenated alkanes) is 1. The first-order valence-corrected chi connectivity index (χ1v) is 24.5. The molecule has 8 amide bonds. The molecule has 414 valence electrons. The second-order valence-electron chi connectivity index (χ2n) is 18.1. The Hall–Kier alpha value is -6.68. The SMILES string of the molecule is CC[C@H](C)[C@H](NC(=O)[C@@H]1CCCN1C(=O)[C@@H](NC(=O)[C@H](C)N)[C@@H](C)CC)C(=O)N[C@@H](CO)C(=O)N[C@@H](CCCN=C(N)N)C(=O)N[C@@H](CCC(=O)O)C(=O)N[C@@H](CCC(=O)O)C(=O)N[C@@H](CCCCN)C(=O)O. The zero-order chi connectivity index (χ0) is 55.5. The quantitative estimate of drug-likeness (QED) is 0.0163. The molecular weight excluding hydrogens is 963 g/mol. The first-order valence-electron chi connectivity index (χ1n) is 24.5. The third-order valence-corrected chi connectivity index (χ3v) is 12.3. The van der Waals surface area contributed by atoms with Crippen molar-refractivity contribution in [2.45, 2.75) is 172 Å². The number of likely N-dealkylation sites (tertiary alicyclic amines) is 1. The maximum absolute atomic E-state index is 14.0. The van der Waals surface area contributed by atoms with Crippen LogP contribution in [0.25, 0.3) is 0 Å². The first-order chi connectivity index (χ1) is 34.3. The van der Waals surface area contributed by atoms with E-state index in [0.29, 0.717) is 32.1 Å². The van der Waals surface area contributed by atoms with Crippen molar-refractivity contribution in [3.63, 3.8) is 0 Å². The molecule has 0 spiro atoms. The van der Waals surface area contributed by atoms with E-state index < -0.39 is 158 Å². The van der Waals surface area contributed by atoms with Crippen molar-refractivity contribution in [2.24, 2.45) is 39.8 Å². The van der Waals surface area contributed by atoms with Gasteiger partial charge in [-0.1, -0.05) is 40.5 Å². The fourth-order valence-electron chi connectivity index (χ4n) is 7.54. The van der Waals surface area contributed by atoms with Crippen LogP contribution in [0.1, 0.15) is 118 Å². The van der Waals surface area contributed by atoms with Crippen LogP contribution in [-0.2, 0) is 52.7 Å². The number of nitrogens with zero attached hydrogens (tertiary/aromatic N) is 2. The minimum Gasteiger partial charge on any atom is -0.481 e. The van der Waals surface area contributed by atoms with Crippen LogP contribution in [0.5, 0.6) is 0 Å². The molecule has 0 aliphatic carbocycles. The van der Waals surface area contributed by atoms with Crippen LogP contribution >= 0.6 is 0 Å². The van der Waals surface area contributed by atoms with Gasteiger partial charge in [-0.15, -0.1) is 0 Å². The summed E-state index contributed by atoms with van der Waals surface area (Å²) in [5.74, 6) is -12.5. The smallest absolute Gasteiger partial charge is 0.326 e. The highest BCUT2D eigenvalue weighted by Crippen LogP contribution is 2.23. The highest BCUT2D eigenvalue weighted by Gasteiger charge is 2.41. The van der Waals surface area contributed by atoms with E-state index >= 15 is 0 Å². The van der Waals surface area contributed by atoms with Crippen LogP contribution < -0.4 is 60.2 Å². The molecule has 0 aromatic rings. The molecule has 1 heterocycles. The lowest BCUT2D eigenvalue weighted by Gasteiger charge is -2.33. The molecule has 19 N–H and O–H groups in total. The summed E-state index contributed by atoms with van der Waals surface area (Å²) < 4.78 is 0. The van der Waals surface area contributed by atoms with Crippen molar-refractivity contribution in [3.05, 3.63) is 0 Å². The summed E-state index contributed by atoms with van der Waals surface area (Å²) in [6.45, 7) is 7.78. The summed E-state index contributed by atoms with van der Waals surface area (Å²) in [6.07, 6.45) is -0.600. The summed E-state index contributed by atoms with van der Waals surface area (Å²) in [7, 11) is 0. The Kier molecular flexibility index (Phi) is 29.2. The summed E-state index contributed by atoms with van der Waals surface area (Å²) >= 11 is 0. The molecule has 1 aliphatic heterocycles. The van der Waals surface area contributed by atoms with Gasteiger partial charge in [0.25, 0.3) is 0 Å². The molecule has 73 heavy (non-hydrogen) atoms. The molecule has 0 saturated carbocycles. The monoisotopic (exact) mass is 1040 g/mol. The predicted molar refractivity (Wildman–Crippen MR) is 262 cm³/mol. The Balaban J connectivity index is 3.46. The predicted octanol–water partition coefficient (Wildman–Crippen LogP) is -4.20. The fourth-order valence-corrected chi connectivity index (χ4v) is 7.54. The number of nitrogens with two attached hydrogens (primary N) is 4. The molecule has 1 aliphatic rings. The lowest BCUT2D eigenvalue weighted by molar-refractivity contribution is -0.143. The van der Waals surface area contributed by atoms with Crippen molar-refractivity contribution in [2.75, 3.05) is 26.2 Å². The van der Waals surface area contributed by atoms with E-state index in [1.54, 1.807) is 20.8 Å². The summed E-state index contributed by atoms with van der Waals surface area (Å²) in [5.41, 5.74) is 22.1. The van der Waals surface area contributed by atoms with Crippen LogP contribution in [0, 0.1) is 11.8 Å². The topological polar surface area (TPSA) is 473 Å². The number of guanidine groups is 1. The molecule has 0 unspecified atom stereocenters. The summed E-state index contributed by atoms with van der Waals surface area (Å²) in [6, 6.07) is -12.5. The van der Waals surface area contributed by atoms with E-state index in [2.05, 4.69) is 42.2 Å². The number of aliphatic carboxylic acids is 3. The number of aliphatic hydroxyl groups is 1. The van der Waals surface area contributed by atoms with Gasteiger partial charge >= 0.3 is 17.9 Å². The maximum atomic E-state index is 14.0. The number of carboxylic acids is 3. The van der Waals surface area contributed by atoms with Gasteiger partial charge < -0.3 is 85.5 Å². The summed E-state index contributed by atoms with van der Waals surface area (Å²) in [5, 5.41) is 55.9. The lowest BCUT2D eigenvalue weighted by Crippen LogP contribution is -2.61. The average molecular weight is 1040 g/mol. The number of rotatable bonds is 35. The van der Waals surface area contributed by atoms with Crippen molar-refractivity contribution >= 4 is 71.1 Å². The molecule has 1 rings (SSSR count). The van der Waals surface area contributed by atoms with E-state index in [1.807, 2.05) is 6.92 Å². The van der Waals surface area contributed by atoms with Gasteiger partial charge in [-0.3, -0.25) is 52.9 Å². The third-order valence-electron chi connectivity index (χ3n) is 12.3. The van der Waals surface area contributed by atoms with E-state index in [1.165, 1.54) is 11.8 Å². The number of hydrogen-bond acceptors (Lipinski definition) is 15. The van der Waals surface area contributed by atoms with Crippen LogP contribution in [0.4, 0.5) is 0 Å². The maximum Gasteiger partial charge on any atom is 0.326 e. The van der Waals surface area contributed by atoms with Crippen molar-refractivity contribution in [1.29, 1.82) is 0 Å². The third kappa shape index (κ3) is 22.7. The highest BCUT2D eigenvalue weighted by atomic mass is 16.4. The number of carbonyl (C=O) groups is 11. The van der Waals surface area contributed by atoms with Crippen LogP contribution in [0.15, 0.2) is 4.99 Å². The molecule has 28 nitrogen and oxygen atoms in total. The number of aliphatic imine (C=N–C) groups is 1. The molecule has 11 atom stereocenters. The number of carbonyl (C=O) groups excluding carboxylic acids is 8. The number of nitrogens with one attached hydrogen (secondary N) is 7. The Morgan fingerprint density at radius 1 is 0.603 bits per heavy atom. The van der Waals surface area contributed by atoms with Crippen molar-refractivity contribution < 1.29 is 73.2 Å². The molecular formula is C45H79N13O15. The molecule has 28 heteroatoms. The molecule has 1 fully saturated rings. The number of aliphatic hydroxyl groups excluding tert-OH is 1. The Morgan fingerprint density at radius 2 is 1.07 bits per heavy atom. The molecule has 0 bridgehead atoms. The lowest BCUT2D eigenvalue weighted by atomic mass is 9.96. The van der Waals surface area contributed by atoms with Crippen LogP contribution in [0.3, 0.4) is 0 Å². The van der Waals surface area contributed by atoms with Crippen LogP contribution in [-0.4, -0.2) is 177 Å². The zero-order valence-corrected chi connectivity index (χ0v) is 42.4. The van der Waals surface area contributed by atoms with Gasteiger partial charge in [-0.05, 0) is 83.1 Å². The van der Waals surface area contributed by atoms with Crippen molar-refractivity contribution in [3.8, 4) is 0 Å². The Labute approximate surface area is 424 Å². The largest absolute Gasteiger partial charge is 0.481 e. The minimum atomic E-state index is -1.76. The standard InChI is InChI=1S/C45H79N13O15/c1-6-23(3)34(56-41(69)31-14-11-21-58(31)43(71)35(24(4)7-2)57-36(64)25(5)47)42(70)55-30(22-59)40(68)51-26(13-10-20-50-45(48)49)37(65)52-27(15-17-32(60)61)38(66)53-28(16-18-33(62)63)39(67)54-29(44(72)73)12-8-9-19-46/h23-31,34-35,59H,6-22,46-47H2,1-5H3,(H,51,68)(H,52,65)(H,53,66)(H,54,67)(H,55,70)(H,56,69)(H,57,64)(H,60,61)(H,62,63)(H,72,73)(H4,48,49,50)/t23-,24-,25-,26-,27-,28-,29-,30-,31-,34-,35-/m0/s1. The second kappa shape index (κ2) is 33.1. The number of carboxylic acid groups (broad SMARTS) is 3. The Bertz CT molecular complexity index is 1940. The average Bonchev–Trinajstić information content (AvgIpc) is 3.84. The molecule has 1 saturated heterocycles. The highest BCUT2D eigenvalue weighted by molar-refractivity contribution is 5.98. The van der Waals surface area contributed by atoms with Gasteiger partial charge in [0.15, 0.2) is 5.96 Å². The Morgan fingerprint density at radius 3 is 1.52 bits per heavy atom. The second-order valence-corrected chi connectivity index (χ2v) is 18.1. The normalized spacial score (nSPS) is 17.3. The van der Waals surface area contributed by atoms with E-state index in [-0.39, 0.29) is 57.2 Å². The number of hydrogen-bond donors (Lipinski definition) is 15. The van der Waals surface area contributed by atoms with Gasteiger partial charge in [0.2, 0.25) is 47.3 Å². The van der Waals surface area contributed by atoms with Gasteiger partial charge in [-0.2, -0.15) is 0 Å². The van der Waals surface area contributed by atoms with Crippen LogP contribution in [0.2, 0.25) is 0 Å². The first kappa shape index (κ1) is 64.3. The van der Waals surface area contributed by atoms with E-state index in [0.717, 1.165) is 0 Å². The molecule has 0 radical (unpaired) electrons. The van der Waals surface area contributed by atoms with Gasteiger partial charge in [0.1, 0.15) is 48.3 Å². The number of amides is 8. The fraction of sp³-hybridized carbons (Fsp3) is 0.733. The molecule has 0 aromatic heterocycles. The van der Waals surface area contributed by atoms with E-state index in [9.17, 15) is 73.2 Å².